The molecule has 0 radical (unpaired) electrons. The first-order valence-electron chi connectivity index (χ1n) is 6.75. The van der Waals surface area contributed by atoms with Gasteiger partial charge in [0.15, 0.2) is 0 Å². The molecule has 5 nitrogen and oxygen atoms in total. The summed E-state index contributed by atoms with van der Waals surface area (Å²) in [6.45, 7) is 5.60. The molecule has 2 heterocycles. The third-order valence-electron chi connectivity index (χ3n) is 4.15. The molecule has 1 N–H and O–H groups in total. The fourth-order valence-electron chi connectivity index (χ4n) is 3.04. The first kappa shape index (κ1) is 13.3. The second-order valence-electron chi connectivity index (χ2n) is 5.66. The smallest absolute Gasteiger partial charge is 0.309 e. The lowest BCUT2D eigenvalue weighted by molar-refractivity contribution is -0.151. The fraction of sp³-hybridized carbons (Fsp3) is 0.846. The summed E-state index contributed by atoms with van der Waals surface area (Å²) in [5.74, 6) is -0.883. The predicted octanol–water partition coefficient (Wildman–Crippen LogP) is 0.792. The lowest BCUT2D eigenvalue weighted by Gasteiger charge is -2.42. The van der Waals surface area contributed by atoms with E-state index in [2.05, 4.69) is 13.8 Å². The normalized spacial score (nSPS) is 30.0. The van der Waals surface area contributed by atoms with Crippen molar-refractivity contribution < 1.29 is 14.7 Å². The number of amides is 1. The Bertz CT molecular complexity index is 329. The zero-order valence-electron chi connectivity index (χ0n) is 11.1. The van der Waals surface area contributed by atoms with E-state index < -0.39 is 5.97 Å². The molecule has 0 aromatic carbocycles. The Labute approximate surface area is 108 Å². The first-order valence-corrected chi connectivity index (χ1v) is 6.75. The summed E-state index contributed by atoms with van der Waals surface area (Å²) < 4.78 is 0. The zero-order valence-corrected chi connectivity index (χ0v) is 11.1. The van der Waals surface area contributed by atoms with E-state index in [4.69, 9.17) is 5.11 Å². The molecular formula is C13H22N2O3. The Balaban J connectivity index is 1.83. The number of aliphatic carboxylic acids is 1. The second-order valence-corrected chi connectivity index (χ2v) is 5.66. The quantitative estimate of drug-likeness (QED) is 0.809. The highest BCUT2D eigenvalue weighted by Gasteiger charge is 2.36. The van der Waals surface area contributed by atoms with Gasteiger partial charge < -0.3 is 10.0 Å². The molecule has 0 saturated carbocycles. The van der Waals surface area contributed by atoms with Crippen LogP contribution < -0.4 is 0 Å². The minimum atomic E-state index is -0.751. The second kappa shape index (κ2) is 5.26. The van der Waals surface area contributed by atoms with Gasteiger partial charge in [0, 0.05) is 25.2 Å². The van der Waals surface area contributed by atoms with E-state index in [-0.39, 0.29) is 11.8 Å². The maximum atomic E-state index is 12.2. The van der Waals surface area contributed by atoms with E-state index in [9.17, 15) is 9.59 Å². The lowest BCUT2D eigenvalue weighted by Crippen LogP contribution is -2.56. The Morgan fingerprint density at radius 1 is 1.17 bits per heavy atom. The Kier molecular flexibility index (Phi) is 3.90. The van der Waals surface area contributed by atoms with Gasteiger partial charge in [0.2, 0.25) is 5.91 Å². The summed E-state index contributed by atoms with van der Waals surface area (Å²) in [7, 11) is 0. The van der Waals surface area contributed by atoms with Gasteiger partial charge in [0.1, 0.15) is 0 Å². The zero-order chi connectivity index (χ0) is 13.3. The number of carbonyl (C=O) groups excluding carboxylic acids is 1. The number of carboxylic acids is 1. The summed E-state index contributed by atoms with van der Waals surface area (Å²) in [4.78, 5) is 26.8. The van der Waals surface area contributed by atoms with Crippen LogP contribution in [0.2, 0.25) is 0 Å². The maximum Gasteiger partial charge on any atom is 0.309 e. The minimum absolute atomic E-state index is 0.151. The highest BCUT2D eigenvalue weighted by Crippen LogP contribution is 2.23. The topological polar surface area (TPSA) is 60.9 Å². The first-order chi connectivity index (χ1) is 8.49. The predicted molar refractivity (Wildman–Crippen MR) is 67.2 cm³/mol. The molecule has 2 aliphatic rings. The molecule has 1 amide bonds. The van der Waals surface area contributed by atoms with Crippen LogP contribution in [0.1, 0.15) is 33.1 Å². The van der Waals surface area contributed by atoms with Gasteiger partial charge in [-0.1, -0.05) is 0 Å². The van der Waals surface area contributed by atoms with Crippen molar-refractivity contribution in [1.29, 1.82) is 0 Å². The number of likely N-dealkylation sites (tertiary alicyclic amines) is 2. The monoisotopic (exact) mass is 254 g/mol. The number of nitrogens with zero attached hydrogens (tertiary/aromatic N) is 2. The molecule has 0 aliphatic carbocycles. The third kappa shape index (κ3) is 2.66. The van der Waals surface area contributed by atoms with E-state index in [0.717, 1.165) is 12.8 Å². The number of piperidine rings is 1. The lowest BCUT2D eigenvalue weighted by atomic mass is 9.96. The number of rotatable bonds is 3. The summed E-state index contributed by atoms with van der Waals surface area (Å²) in [6, 6.07) is 0.635. The van der Waals surface area contributed by atoms with Crippen molar-refractivity contribution in [1.82, 2.24) is 9.80 Å². The molecule has 2 aliphatic heterocycles. The van der Waals surface area contributed by atoms with E-state index in [1.165, 1.54) is 6.42 Å². The summed E-state index contributed by atoms with van der Waals surface area (Å²) in [5.41, 5.74) is 0. The molecule has 2 rings (SSSR count). The van der Waals surface area contributed by atoms with Gasteiger partial charge in [0.05, 0.1) is 12.5 Å². The standard InChI is InChI=1S/C13H22N2O3/c1-9-4-3-5-10(2)15(9)12(16)8-14-6-11(7-14)13(17)18/h9-11H,3-8H2,1-2H3,(H,17,18). The minimum Gasteiger partial charge on any atom is -0.481 e. The molecule has 2 saturated heterocycles. The van der Waals surface area contributed by atoms with E-state index in [1.54, 1.807) is 0 Å². The molecular weight excluding hydrogens is 232 g/mol. The average Bonchev–Trinajstić information content (AvgIpc) is 2.21. The molecule has 102 valence electrons. The Morgan fingerprint density at radius 3 is 2.22 bits per heavy atom. The average molecular weight is 254 g/mol. The van der Waals surface area contributed by atoms with E-state index >= 15 is 0 Å². The van der Waals surface area contributed by atoms with Crippen LogP contribution in [0.25, 0.3) is 0 Å². The molecule has 18 heavy (non-hydrogen) atoms. The highest BCUT2D eigenvalue weighted by molar-refractivity contribution is 5.79. The van der Waals surface area contributed by atoms with Gasteiger partial charge in [0.25, 0.3) is 0 Å². The molecule has 2 atom stereocenters. The molecule has 2 fully saturated rings. The molecule has 5 heteroatoms. The molecule has 0 aromatic rings. The van der Waals surface area contributed by atoms with Crippen LogP contribution in [0.15, 0.2) is 0 Å². The van der Waals surface area contributed by atoms with Crippen LogP contribution in [-0.4, -0.2) is 58.5 Å². The SMILES string of the molecule is CC1CCCC(C)N1C(=O)CN1CC(C(=O)O)C1. The van der Waals surface area contributed by atoms with Crippen LogP contribution in [0.5, 0.6) is 0 Å². The van der Waals surface area contributed by atoms with E-state index in [0.29, 0.717) is 31.7 Å². The summed E-state index contributed by atoms with van der Waals surface area (Å²) in [5, 5.41) is 8.80. The van der Waals surface area contributed by atoms with Crippen molar-refractivity contribution in [2.45, 2.75) is 45.2 Å². The van der Waals surface area contributed by atoms with Gasteiger partial charge in [-0.3, -0.25) is 14.5 Å². The number of hydrogen-bond donors (Lipinski definition) is 1. The van der Waals surface area contributed by atoms with Gasteiger partial charge in [-0.15, -0.1) is 0 Å². The van der Waals surface area contributed by atoms with Crippen LogP contribution in [0, 0.1) is 5.92 Å². The van der Waals surface area contributed by atoms with Crippen molar-refractivity contribution >= 4 is 11.9 Å². The van der Waals surface area contributed by atoms with Crippen molar-refractivity contribution in [2.75, 3.05) is 19.6 Å². The number of hydrogen-bond acceptors (Lipinski definition) is 3. The highest BCUT2D eigenvalue weighted by atomic mass is 16.4. The Morgan fingerprint density at radius 2 is 1.72 bits per heavy atom. The maximum absolute atomic E-state index is 12.2. The van der Waals surface area contributed by atoms with Gasteiger partial charge in [-0.05, 0) is 33.1 Å². The van der Waals surface area contributed by atoms with Gasteiger partial charge in [-0.2, -0.15) is 0 Å². The van der Waals surface area contributed by atoms with Crippen LogP contribution in [0.3, 0.4) is 0 Å². The van der Waals surface area contributed by atoms with Crippen molar-refractivity contribution in [3.8, 4) is 0 Å². The van der Waals surface area contributed by atoms with Crippen molar-refractivity contribution in [3.63, 3.8) is 0 Å². The van der Waals surface area contributed by atoms with Crippen molar-refractivity contribution in [3.05, 3.63) is 0 Å². The summed E-state index contributed by atoms with van der Waals surface area (Å²) in [6.07, 6.45) is 3.35. The molecule has 0 spiro atoms. The van der Waals surface area contributed by atoms with Gasteiger partial charge >= 0.3 is 5.97 Å². The van der Waals surface area contributed by atoms with E-state index in [1.807, 2.05) is 9.80 Å². The summed E-state index contributed by atoms with van der Waals surface area (Å²) >= 11 is 0. The largest absolute Gasteiger partial charge is 0.481 e. The van der Waals surface area contributed by atoms with Crippen LogP contribution >= 0.6 is 0 Å². The fourth-order valence-corrected chi connectivity index (χ4v) is 3.04. The Hall–Kier alpha value is -1.10. The molecule has 2 unspecified atom stereocenters. The van der Waals surface area contributed by atoms with Crippen molar-refractivity contribution in [2.24, 2.45) is 5.92 Å². The number of carbonyl (C=O) groups is 2. The molecule has 0 bridgehead atoms. The third-order valence-corrected chi connectivity index (χ3v) is 4.15. The molecule has 0 aromatic heterocycles. The van der Waals surface area contributed by atoms with Gasteiger partial charge in [-0.25, -0.2) is 0 Å². The number of carboxylic acid groups (broad SMARTS) is 1. The van der Waals surface area contributed by atoms with Crippen LogP contribution in [0.4, 0.5) is 0 Å². The van der Waals surface area contributed by atoms with Crippen LogP contribution in [-0.2, 0) is 9.59 Å².